The maximum Gasteiger partial charge on any atom is 0.393 e. The van der Waals surface area contributed by atoms with Crippen molar-refractivity contribution < 1.29 is 14.5 Å². The maximum absolute atomic E-state index is 11.1. The number of carboxylic acids is 1. The van der Waals surface area contributed by atoms with Gasteiger partial charge in [-0.15, -0.1) is 0 Å². The minimum absolute atomic E-state index is 0.166. The fraction of sp³-hybridized carbons (Fsp3) is 0.500. The van der Waals surface area contributed by atoms with E-state index in [2.05, 4.69) is 18.6 Å². The SMILES string of the molecule is C=CC[N+]1(CCCCC)N=CC=C1C(=O)O. The van der Waals surface area contributed by atoms with Gasteiger partial charge in [-0.2, -0.15) is 4.59 Å². The molecule has 1 rings (SSSR count). The molecule has 1 unspecified atom stereocenters. The molecule has 4 heteroatoms. The third kappa shape index (κ3) is 2.58. The van der Waals surface area contributed by atoms with Crippen LogP contribution in [-0.4, -0.2) is 35.0 Å². The normalized spacial score (nSPS) is 23.2. The van der Waals surface area contributed by atoms with Crippen LogP contribution in [0.4, 0.5) is 0 Å². The van der Waals surface area contributed by atoms with E-state index in [1.807, 2.05) is 0 Å². The third-order valence-corrected chi connectivity index (χ3v) is 2.75. The van der Waals surface area contributed by atoms with Crippen molar-refractivity contribution in [1.29, 1.82) is 0 Å². The summed E-state index contributed by atoms with van der Waals surface area (Å²) in [5, 5.41) is 13.4. The molecule has 1 atom stereocenters. The fourth-order valence-electron chi connectivity index (χ4n) is 1.93. The van der Waals surface area contributed by atoms with Gasteiger partial charge in [0.1, 0.15) is 13.1 Å². The van der Waals surface area contributed by atoms with Gasteiger partial charge in [0.25, 0.3) is 0 Å². The molecule has 0 aromatic rings. The molecule has 1 heterocycles. The molecular formula is C12H19N2O2+. The summed E-state index contributed by atoms with van der Waals surface area (Å²) in [5.41, 5.74) is 0.344. The molecule has 1 N–H and O–H groups in total. The Bertz CT molecular complexity index is 334. The van der Waals surface area contributed by atoms with Crippen LogP contribution >= 0.6 is 0 Å². The molecule has 0 aromatic carbocycles. The van der Waals surface area contributed by atoms with E-state index in [0.29, 0.717) is 12.2 Å². The molecule has 1 aliphatic rings. The van der Waals surface area contributed by atoms with Crippen LogP contribution in [0.3, 0.4) is 0 Å². The lowest BCUT2D eigenvalue weighted by molar-refractivity contribution is -0.886. The van der Waals surface area contributed by atoms with Gasteiger partial charge >= 0.3 is 5.97 Å². The second-order valence-corrected chi connectivity index (χ2v) is 3.95. The van der Waals surface area contributed by atoms with E-state index in [9.17, 15) is 4.79 Å². The summed E-state index contributed by atoms with van der Waals surface area (Å²) in [6.45, 7) is 7.08. The van der Waals surface area contributed by atoms with Crippen LogP contribution in [0, 0.1) is 0 Å². The molecule has 16 heavy (non-hydrogen) atoms. The zero-order chi connectivity index (χ0) is 12.0. The number of rotatable bonds is 7. The van der Waals surface area contributed by atoms with Crippen LogP contribution in [0.25, 0.3) is 0 Å². The van der Waals surface area contributed by atoms with Gasteiger partial charge in [-0.25, -0.2) is 4.79 Å². The molecule has 4 nitrogen and oxygen atoms in total. The number of nitrogens with zero attached hydrogens (tertiary/aromatic N) is 2. The molecule has 0 fully saturated rings. The topological polar surface area (TPSA) is 49.7 Å². The van der Waals surface area contributed by atoms with Crippen LogP contribution in [-0.2, 0) is 4.79 Å². The Kier molecular flexibility index (Phi) is 4.43. The first-order valence-corrected chi connectivity index (χ1v) is 5.64. The number of unbranched alkanes of at least 4 members (excludes halogenated alkanes) is 2. The van der Waals surface area contributed by atoms with Crippen molar-refractivity contribution >= 4 is 12.2 Å². The van der Waals surface area contributed by atoms with Gasteiger partial charge in [0, 0.05) is 6.08 Å². The number of allylic oxidation sites excluding steroid dienone is 1. The summed E-state index contributed by atoms with van der Waals surface area (Å²) in [6, 6.07) is 0. The molecule has 88 valence electrons. The fourth-order valence-corrected chi connectivity index (χ4v) is 1.93. The number of quaternary nitrogens is 1. The molecule has 0 saturated carbocycles. The third-order valence-electron chi connectivity index (χ3n) is 2.75. The number of aliphatic carboxylic acids is 1. The van der Waals surface area contributed by atoms with Gasteiger partial charge in [0.05, 0.1) is 6.21 Å². The zero-order valence-electron chi connectivity index (χ0n) is 9.72. The average Bonchev–Trinajstić information content (AvgIpc) is 2.63. The highest BCUT2D eigenvalue weighted by Crippen LogP contribution is 2.24. The molecule has 0 bridgehead atoms. The van der Waals surface area contributed by atoms with E-state index in [0.717, 1.165) is 25.8 Å². The minimum Gasteiger partial charge on any atom is -0.474 e. The van der Waals surface area contributed by atoms with Crippen LogP contribution in [0.15, 0.2) is 29.5 Å². The van der Waals surface area contributed by atoms with Crippen molar-refractivity contribution in [3.8, 4) is 0 Å². The first-order chi connectivity index (χ1) is 7.66. The van der Waals surface area contributed by atoms with Crippen LogP contribution in [0.1, 0.15) is 26.2 Å². The highest BCUT2D eigenvalue weighted by atomic mass is 16.4. The maximum atomic E-state index is 11.1. The largest absolute Gasteiger partial charge is 0.474 e. The number of carbonyl (C=O) groups is 1. The zero-order valence-corrected chi connectivity index (χ0v) is 9.72. The smallest absolute Gasteiger partial charge is 0.393 e. The summed E-state index contributed by atoms with van der Waals surface area (Å²) in [5.74, 6) is -0.893. The highest BCUT2D eigenvalue weighted by molar-refractivity contribution is 5.91. The highest BCUT2D eigenvalue weighted by Gasteiger charge is 2.39. The molecule has 0 aromatic heterocycles. The predicted octanol–water partition coefficient (Wildman–Crippen LogP) is 2.15. The number of hydrogen-bond donors (Lipinski definition) is 1. The molecule has 0 aliphatic carbocycles. The van der Waals surface area contributed by atoms with Crippen molar-refractivity contribution in [1.82, 2.24) is 0 Å². The van der Waals surface area contributed by atoms with Gasteiger partial charge in [-0.05, 0) is 18.9 Å². The summed E-state index contributed by atoms with van der Waals surface area (Å²) in [7, 11) is 0. The molecule has 0 saturated heterocycles. The van der Waals surface area contributed by atoms with E-state index in [-0.39, 0.29) is 4.59 Å². The Morgan fingerprint density at radius 3 is 2.94 bits per heavy atom. The van der Waals surface area contributed by atoms with Gasteiger partial charge < -0.3 is 5.11 Å². The number of hydrogen-bond acceptors (Lipinski definition) is 2. The van der Waals surface area contributed by atoms with Gasteiger partial charge in [0.2, 0.25) is 5.70 Å². The van der Waals surface area contributed by atoms with Crippen molar-refractivity contribution in [2.24, 2.45) is 5.10 Å². The van der Waals surface area contributed by atoms with Gasteiger partial charge in [-0.3, -0.25) is 0 Å². The first-order valence-electron chi connectivity index (χ1n) is 5.64. The molecule has 1 aliphatic heterocycles. The molecule has 0 amide bonds. The molecule has 0 radical (unpaired) electrons. The summed E-state index contributed by atoms with van der Waals surface area (Å²) in [6.07, 6.45) is 8.08. The first kappa shape index (κ1) is 12.6. The second kappa shape index (κ2) is 5.61. The minimum atomic E-state index is -0.893. The number of carboxylic acid groups (broad SMARTS) is 1. The molecule has 0 spiro atoms. The van der Waals surface area contributed by atoms with Crippen molar-refractivity contribution in [2.75, 3.05) is 13.1 Å². The Morgan fingerprint density at radius 1 is 1.62 bits per heavy atom. The summed E-state index contributed by atoms with van der Waals surface area (Å²) >= 11 is 0. The summed E-state index contributed by atoms with van der Waals surface area (Å²) in [4.78, 5) is 11.1. The van der Waals surface area contributed by atoms with Gasteiger partial charge in [0.15, 0.2) is 0 Å². The molecular weight excluding hydrogens is 204 g/mol. The van der Waals surface area contributed by atoms with Crippen LogP contribution in [0.2, 0.25) is 0 Å². The van der Waals surface area contributed by atoms with Crippen molar-refractivity contribution in [3.63, 3.8) is 0 Å². The lowest BCUT2D eigenvalue weighted by Gasteiger charge is -2.27. The van der Waals surface area contributed by atoms with Crippen LogP contribution in [0.5, 0.6) is 0 Å². The Hall–Kier alpha value is -1.42. The van der Waals surface area contributed by atoms with E-state index in [1.54, 1.807) is 18.4 Å². The lowest BCUT2D eigenvalue weighted by atomic mass is 10.2. The van der Waals surface area contributed by atoms with E-state index < -0.39 is 5.97 Å². The average molecular weight is 223 g/mol. The van der Waals surface area contributed by atoms with Gasteiger partial charge in [-0.1, -0.05) is 25.0 Å². The predicted molar refractivity (Wildman–Crippen MR) is 63.9 cm³/mol. The monoisotopic (exact) mass is 223 g/mol. The Balaban J connectivity index is 2.79. The van der Waals surface area contributed by atoms with Crippen molar-refractivity contribution in [2.45, 2.75) is 26.2 Å². The summed E-state index contributed by atoms with van der Waals surface area (Å²) < 4.78 is 0.166. The van der Waals surface area contributed by atoms with Crippen molar-refractivity contribution in [3.05, 3.63) is 24.4 Å². The standard InChI is InChI=1S/C12H18N2O2/c1-3-5-6-10-14(9-4-2)11(12(15)16)7-8-13-14/h4,7-8H,2-3,5-6,9-10H2,1H3/p+1. The van der Waals surface area contributed by atoms with E-state index in [1.165, 1.54) is 0 Å². The Labute approximate surface area is 96.2 Å². The quantitative estimate of drug-likeness (QED) is 0.408. The van der Waals surface area contributed by atoms with E-state index >= 15 is 0 Å². The van der Waals surface area contributed by atoms with E-state index in [4.69, 9.17) is 5.11 Å². The lowest BCUT2D eigenvalue weighted by Crippen LogP contribution is -2.43. The van der Waals surface area contributed by atoms with Crippen LogP contribution < -0.4 is 0 Å². The second-order valence-electron chi connectivity index (χ2n) is 3.95. The Morgan fingerprint density at radius 2 is 2.38 bits per heavy atom.